The first-order valence-electron chi connectivity index (χ1n) is 6.27. The van der Waals surface area contributed by atoms with Crippen LogP contribution in [0, 0.1) is 5.41 Å². The lowest BCUT2D eigenvalue weighted by Gasteiger charge is -2.37. The highest BCUT2D eigenvalue weighted by Gasteiger charge is 2.32. The van der Waals surface area contributed by atoms with Gasteiger partial charge in [0.05, 0.1) is 6.10 Å². The lowest BCUT2D eigenvalue weighted by atomic mass is 9.81. The quantitative estimate of drug-likeness (QED) is 0.327. The molecule has 0 amide bonds. The topological polar surface area (TPSA) is 9.23 Å². The van der Waals surface area contributed by atoms with Crippen molar-refractivity contribution < 1.29 is 4.43 Å². The molecule has 0 aliphatic heterocycles. The molecule has 0 heterocycles. The van der Waals surface area contributed by atoms with Gasteiger partial charge in [0.2, 0.25) is 0 Å². The summed E-state index contributed by atoms with van der Waals surface area (Å²) in [6, 6.07) is 0. The number of rotatable bonds is 7. The van der Waals surface area contributed by atoms with Crippen molar-refractivity contribution >= 4 is 30.9 Å². The summed E-state index contributed by atoms with van der Waals surface area (Å²) >= 11 is 2.28. The third-order valence-electron chi connectivity index (χ3n) is 2.69. The van der Waals surface area contributed by atoms with E-state index < -0.39 is 8.32 Å². The molecule has 1 atom stereocenters. The molecule has 0 saturated heterocycles. The number of hydrogen-bond donors (Lipinski definition) is 0. The Hall–Kier alpha value is 0.387. The van der Waals surface area contributed by atoms with Crippen molar-refractivity contribution in [2.24, 2.45) is 5.41 Å². The normalized spacial score (nSPS) is 15.9. The molecule has 3 heteroatoms. The second kappa shape index (κ2) is 7.74. The van der Waals surface area contributed by atoms with Crippen LogP contribution < -0.4 is 0 Å². The van der Waals surface area contributed by atoms with Crippen LogP contribution in [-0.2, 0) is 4.43 Å². The Labute approximate surface area is 122 Å². The van der Waals surface area contributed by atoms with Crippen molar-refractivity contribution in [3.63, 3.8) is 0 Å². The minimum atomic E-state index is -1.48. The zero-order chi connectivity index (χ0) is 13.5. The van der Waals surface area contributed by atoms with E-state index >= 15 is 0 Å². The van der Waals surface area contributed by atoms with Gasteiger partial charge < -0.3 is 4.43 Å². The fourth-order valence-corrected chi connectivity index (χ4v) is 3.24. The Morgan fingerprint density at radius 1 is 1.24 bits per heavy atom. The zero-order valence-electron chi connectivity index (χ0n) is 12.1. The van der Waals surface area contributed by atoms with Crippen molar-refractivity contribution in [1.29, 1.82) is 0 Å². The van der Waals surface area contributed by atoms with E-state index in [1.54, 1.807) is 0 Å². The molecule has 1 nitrogen and oxygen atoms in total. The maximum atomic E-state index is 6.35. The second-order valence-electron chi connectivity index (χ2n) is 6.08. The molecule has 0 bridgehead atoms. The summed E-state index contributed by atoms with van der Waals surface area (Å²) in [5.41, 5.74) is 0.197. The van der Waals surface area contributed by atoms with Gasteiger partial charge in [-0.25, -0.2) is 0 Å². The Bertz CT molecular complexity index is 264. The SMILES string of the molecule is C/C=C/CC(C)(C)C(C/C=C/I)O[Si](C)(C)C. The molecule has 0 aliphatic rings. The summed E-state index contributed by atoms with van der Waals surface area (Å²) in [6.45, 7) is 13.5. The minimum Gasteiger partial charge on any atom is -0.414 e. The molecule has 0 aliphatic carbocycles. The van der Waals surface area contributed by atoms with Gasteiger partial charge in [-0.05, 0) is 48.9 Å². The van der Waals surface area contributed by atoms with Gasteiger partial charge in [-0.15, -0.1) is 0 Å². The van der Waals surface area contributed by atoms with E-state index in [4.69, 9.17) is 4.43 Å². The first kappa shape index (κ1) is 17.4. The molecule has 0 aromatic carbocycles. The van der Waals surface area contributed by atoms with Crippen LogP contribution in [-0.4, -0.2) is 14.4 Å². The summed E-state index contributed by atoms with van der Waals surface area (Å²) in [5.74, 6) is 0. The Morgan fingerprint density at radius 3 is 2.24 bits per heavy atom. The van der Waals surface area contributed by atoms with Crippen LogP contribution in [0.3, 0.4) is 0 Å². The number of hydrogen-bond acceptors (Lipinski definition) is 1. The van der Waals surface area contributed by atoms with Gasteiger partial charge in [0, 0.05) is 0 Å². The Kier molecular flexibility index (Phi) is 7.92. The van der Waals surface area contributed by atoms with E-state index in [-0.39, 0.29) is 5.41 Å². The predicted molar refractivity (Wildman–Crippen MR) is 89.2 cm³/mol. The van der Waals surface area contributed by atoms with E-state index in [9.17, 15) is 0 Å². The van der Waals surface area contributed by atoms with Crippen LogP contribution >= 0.6 is 22.6 Å². The van der Waals surface area contributed by atoms with Crippen molar-refractivity contribution in [2.75, 3.05) is 0 Å². The van der Waals surface area contributed by atoms with Gasteiger partial charge in [0.15, 0.2) is 8.32 Å². The Morgan fingerprint density at radius 2 is 1.82 bits per heavy atom. The highest BCUT2D eigenvalue weighted by atomic mass is 127. The van der Waals surface area contributed by atoms with Crippen LogP contribution in [0.25, 0.3) is 0 Å². The lowest BCUT2D eigenvalue weighted by Crippen LogP contribution is -2.40. The van der Waals surface area contributed by atoms with Crippen molar-refractivity contribution in [2.45, 2.75) is 59.4 Å². The molecule has 1 unspecified atom stereocenters. The van der Waals surface area contributed by atoms with Crippen LogP contribution in [0.2, 0.25) is 19.6 Å². The smallest absolute Gasteiger partial charge is 0.184 e. The molecule has 0 spiro atoms. The molecule has 0 N–H and O–H groups in total. The van der Waals surface area contributed by atoms with Gasteiger partial charge in [0.1, 0.15) is 0 Å². The zero-order valence-corrected chi connectivity index (χ0v) is 15.2. The average Bonchev–Trinajstić information content (AvgIpc) is 2.19. The average molecular weight is 366 g/mol. The third kappa shape index (κ3) is 8.16. The van der Waals surface area contributed by atoms with Gasteiger partial charge in [-0.2, -0.15) is 0 Å². The van der Waals surface area contributed by atoms with E-state index in [1.807, 2.05) is 0 Å². The molecule has 0 aromatic heterocycles. The fourth-order valence-electron chi connectivity index (χ4n) is 1.68. The molecule has 0 rings (SSSR count). The predicted octanol–water partition coefficient (Wildman–Crippen LogP) is 5.54. The summed E-state index contributed by atoms with van der Waals surface area (Å²) in [4.78, 5) is 0. The second-order valence-corrected chi connectivity index (χ2v) is 11.3. The van der Waals surface area contributed by atoms with Gasteiger partial charge in [-0.1, -0.05) is 54.7 Å². The van der Waals surface area contributed by atoms with Crippen LogP contribution in [0.1, 0.15) is 33.6 Å². The summed E-state index contributed by atoms with van der Waals surface area (Å²) in [5, 5.41) is 0. The lowest BCUT2D eigenvalue weighted by molar-refractivity contribution is 0.0710. The Balaban J connectivity index is 4.75. The van der Waals surface area contributed by atoms with Crippen molar-refractivity contribution in [3.05, 3.63) is 22.3 Å². The summed E-state index contributed by atoms with van der Waals surface area (Å²) < 4.78 is 8.44. The summed E-state index contributed by atoms with van der Waals surface area (Å²) in [6.07, 6.45) is 8.99. The molecule has 0 radical (unpaired) electrons. The highest BCUT2D eigenvalue weighted by Crippen LogP contribution is 2.32. The number of halogens is 1. The first-order valence-corrected chi connectivity index (χ1v) is 10.9. The minimum absolute atomic E-state index is 0.197. The fraction of sp³-hybridized carbons (Fsp3) is 0.714. The van der Waals surface area contributed by atoms with Crippen molar-refractivity contribution in [3.8, 4) is 0 Å². The molecular formula is C14H27IOSi. The first-order chi connectivity index (χ1) is 7.73. The molecule has 0 fully saturated rings. The van der Waals surface area contributed by atoms with Crippen LogP contribution in [0.4, 0.5) is 0 Å². The van der Waals surface area contributed by atoms with Gasteiger partial charge in [0.25, 0.3) is 0 Å². The number of allylic oxidation sites excluding steroid dienone is 2. The molecule has 100 valence electrons. The van der Waals surface area contributed by atoms with Gasteiger partial charge >= 0.3 is 0 Å². The molecule has 17 heavy (non-hydrogen) atoms. The summed E-state index contributed by atoms with van der Waals surface area (Å²) in [7, 11) is -1.48. The van der Waals surface area contributed by atoms with E-state index in [0.29, 0.717) is 6.10 Å². The monoisotopic (exact) mass is 366 g/mol. The largest absolute Gasteiger partial charge is 0.414 e. The molecular weight excluding hydrogens is 339 g/mol. The third-order valence-corrected chi connectivity index (χ3v) is 4.19. The maximum absolute atomic E-state index is 6.35. The van der Waals surface area contributed by atoms with Gasteiger partial charge in [-0.3, -0.25) is 0 Å². The standard InChI is InChI=1S/C14H27IOSi/c1-7-8-11-14(2,3)13(10-9-12-15)16-17(4,5)6/h7-9,12-13H,10-11H2,1-6H3/b8-7+,12-9+. The van der Waals surface area contributed by atoms with Crippen LogP contribution in [0.5, 0.6) is 0 Å². The van der Waals surface area contributed by atoms with Crippen molar-refractivity contribution in [1.82, 2.24) is 0 Å². The van der Waals surface area contributed by atoms with Crippen LogP contribution in [0.15, 0.2) is 22.3 Å². The molecule has 0 aromatic rings. The van der Waals surface area contributed by atoms with E-state index in [0.717, 1.165) is 12.8 Å². The maximum Gasteiger partial charge on any atom is 0.184 e. The van der Waals surface area contributed by atoms with E-state index in [2.05, 4.69) is 85.3 Å². The van der Waals surface area contributed by atoms with E-state index in [1.165, 1.54) is 0 Å². The highest BCUT2D eigenvalue weighted by molar-refractivity contribution is 14.1. The molecule has 0 saturated carbocycles.